The van der Waals surface area contributed by atoms with E-state index in [1.807, 2.05) is 30.3 Å². The van der Waals surface area contributed by atoms with Crippen molar-refractivity contribution in [1.82, 2.24) is 4.31 Å². The molecule has 1 heterocycles. The average Bonchev–Trinajstić information content (AvgIpc) is 2.87. The van der Waals surface area contributed by atoms with Gasteiger partial charge >= 0.3 is 0 Å². The van der Waals surface area contributed by atoms with Gasteiger partial charge in [-0.05, 0) is 24.3 Å². The zero-order chi connectivity index (χ0) is 14.6. The molecule has 0 bridgehead atoms. The molecule has 108 valence electrons. The highest BCUT2D eigenvalue weighted by Gasteiger charge is 2.22. The number of sulfonamides is 1. The van der Waals surface area contributed by atoms with Crippen LogP contribution in [0.3, 0.4) is 0 Å². The summed E-state index contributed by atoms with van der Waals surface area (Å²) in [6, 6.07) is 12.4. The number of hydrogen-bond donors (Lipinski definition) is 0. The van der Waals surface area contributed by atoms with Gasteiger partial charge in [-0.15, -0.1) is 11.3 Å². The van der Waals surface area contributed by atoms with Crippen molar-refractivity contribution in [3.8, 4) is 5.75 Å². The van der Waals surface area contributed by atoms with E-state index in [-0.39, 0.29) is 10.8 Å². The maximum absolute atomic E-state index is 12.2. The standard InChI is InChI=1S/C13H14ClNO3S2/c1-15(9-10-18-11-5-3-2-4-6-11)20(16,17)13-8-7-12(14)19-13/h2-8H,9-10H2,1H3. The van der Waals surface area contributed by atoms with E-state index in [1.54, 1.807) is 6.07 Å². The molecule has 0 amide bonds. The minimum absolute atomic E-state index is 0.240. The predicted molar refractivity (Wildman–Crippen MR) is 81.1 cm³/mol. The Morgan fingerprint density at radius 2 is 1.90 bits per heavy atom. The Kier molecular flexibility index (Phi) is 5.04. The first-order valence-corrected chi connectivity index (χ1v) is 8.53. The molecule has 0 N–H and O–H groups in total. The van der Waals surface area contributed by atoms with Crippen molar-refractivity contribution in [3.05, 3.63) is 46.8 Å². The lowest BCUT2D eigenvalue weighted by molar-refractivity contribution is 0.287. The smallest absolute Gasteiger partial charge is 0.252 e. The van der Waals surface area contributed by atoms with Gasteiger partial charge in [0.25, 0.3) is 10.0 Å². The van der Waals surface area contributed by atoms with Crippen LogP contribution in [0.1, 0.15) is 0 Å². The van der Waals surface area contributed by atoms with Crippen molar-refractivity contribution in [1.29, 1.82) is 0 Å². The fraction of sp³-hybridized carbons (Fsp3) is 0.231. The number of nitrogens with zero attached hydrogens (tertiary/aromatic N) is 1. The van der Waals surface area contributed by atoms with Gasteiger partial charge in [0.1, 0.15) is 16.6 Å². The topological polar surface area (TPSA) is 46.6 Å². The van der Waals surface area contributed by atoms with Crippen LogP contribution in [0.5, 0.6) is 5.75 Å². The summed E-state index contributed by atoms with van der Waals surface area (Å²) in [6.07, 6.45) is 0. The molecule has 2 rings (SSSR count). The summed E-state index contributed by atoms with van der Waals surface area (Å²) >= 11 is 6.81. The molecule has 0 fully saturated rings. The van der Waals surface area contributed by atoms with E-state index in [4.69, 9.17) is 16.3 Å². The number of hydrogen-bond acceptors (Lipinski definition) is 4. The Morgan fingerprint density at radius 1 is 1.20 bits per heavy atom. The summed E-state index contributed by atoms with van der Waals surface area (Å²) in [5, 5.41) is 0. The van der Waals surface area contributed by atoms with Crippen molar-refractivity contribution in [3.63, 3.8) is 0 Å². The van der Waals surface area contributed by atoms with E-state index in [0.717, 1.165) is 17.1 Å². The van der Waals surface area contributed by atoms with Gasteiger partial charge in [-0.2, -0.15) is 4.31 Å². The second-order valence-electron chi connectivity index (χ2n) is 4.05. The normalized spacial score (nSPS) is 11.8. The Morgan fingerprint density at radius 3 is 2.50 bits per heavy atom. The lowest BCUT2D eigenvalue weighted by Gasteiger charge is -2.16. The molecule has 0 aliphatic heterocycles. The number of likely N-dealkylation sites (N-methyl/N-ethyl adjacent to an activating group) is 1. The third kappa shape index (κ3) is 3.73. The molecule has 0 saturated heterocycles. The van der Waals surface area contributed by atoms with E-state index in [2.05, 4.69) is 0 Å². The number of rotatable bonds is 6. The SMILES string of the molecule is CN(CCOc1ccccc1)S(=O)(=O)c1ccc(Cl)s1. The first-order valence-electron chi connectivity index (χ1n) is 5.89. The van der Waals surface area contributed by atoms with Crippen molar-refractivity contribution < 1.29 is 13.2 Å². The molecule has 0 aliphatic carbocycles. The van der Waals surface area contributed by atoms with E-state index in [0.29, 0.717) is 10.9 Å². The number of ether oxygens (including phenoxy) is 1. The molecule has 0 radical (unpaired) electrons. The largest absolute Gasteiger partial charge is 0.492 e. The molecule has 0 spiro atoms. The zero-order valence-corrected chi connectivity index (χ0v) is 13.2. The molecule has 1 aromatic carbocycles. The van der Waals surface area contributed by atoms with Crippen molar-refractivity contribution >= 4 is 33.0 Å². The summed E-state index contributed by atoms with van der Waals surface area (Å²) in [5.74, 6) is 0.720. The molecule has 0 aliphatic rings. The Labute approximate surface area is 127 Å². The van der Waals surface area contributed by atoms with Crippen LogP contribution in [-0.4, -0.2) is 32.9 Å². The molecule has 0 saturated carbocycles. The molecule has 4 nitrogen and oxygen atoms in total. The number of halogens is 1. The quantitative estimate of drug-likeness (QED) is 0.817. The number of benzene rings is 1. The van der Waals surface area contributed by atoms with Gasteiger partial charge < -0.3 is 4.74 Å². The molecule has 0 atom stereocenters. The van der Waals surface area contributed by atoms with Gasteiger partial charge in [-0.1, -0.05) is 29.8 Å². The predicted octanol–water partition coefficient (Wildman–Crippen LogP) is 3.10. The molecule has 1 aromatic heterocycles. The first kappa shape index (κ1) is 15.3. The van der Waals surface area contributed by atoms with E-state index >= 15 is 0 Å². The van der Waals surface area contributed by atoms with Gasteiger partial charge in [0.05, 0.1) is 4.34 Å². The minimum atomic E-state index is -3.49. The average molecular weight is 332 g/mol. The highest BCUT2D eigenvalue weighted by molar-refractivity contribution is 7.91. The molecule has 7 heteroatoms. The highest BCUT2D eigenvalue weighted by atomic mass is 35.5. The first-order chi connectivity index (χ1) is 9.50. The molecule has 0 unspecified atom stereocenters. The Balaban J connectivity index is 1.93. The third-order valence-electron chi connectivity index (χ3n) is 2.63. The second-order valence-corrected chi connectivity index (χ2v) is 8.03. The molecule has 2 aromatic rings. The van der Waals surface area contributed by atoms with Crippen LogP contribution < -0.4 is 4.74 Å². The van der Waals surface area contributed by atoms with Crippen LogP contribution in [0.2, 0.25) is 4.34 Å². The van der Waals surface area contributed by atoms with Gasteiger partial charge in [-0.25, -0.2) is 8.42 Å². The minimum Gasteiger partial charge on any atom is -0.492 e. The molecule has 20 heavy (non-hydrogen) atoms. The molecular formula is C13H14ClNO3S2. The summed E-state index contributed by atoms with van der Waals surface area (Å²) in [7, 11) is -1.96. The highest BCUT2D eigenvalue weighted by Crippen LogP contribution is 2.27. The van der Waals surface area contributed by atoms with Gasteiger partial charge in [0, 0.05) is 13.6 Å². The third-order valence-corrected chi connectivity index (χ3v) is 6.19. The summed E-state index contributed by atoms with van der Waals surface area (Å²) in [4.78, 5) is 0. The van der Waals surface area contributed by atoms with Crippen molar-refractivity contribution in [2.75, 3.05) is 20.2 Å². The second kappa shape index (κ2) is 6.58. The van der Waals surface area contributed by atoms with Crippen LogP contribution in [0, 0.1) is 0 Å². The number of para-hydroxylation sites is 1. The lowest BCUT2D eigenvalue weighted by atomic mass is 10.3. The summed E-state index contributed by atoms with van der Waals surface area (Å²) < 4.78 is 31.9. The molecular weight excluding hydrogens is 318 g/mol. The van der Waals surface area contributed by atoms with Gasteiger partial charge in [0.2, 0.25) is 0 Å². The monoisotopic (exact) mass is 331 g/mol. The van der Waals surface area contributed by atoms with Gasteiger partial charge in [-0.3, -0.25) is 0 Å². The van der Waals surface area contributed by atoms with Crippen molar-refractivity contribution in [2.45, 2.75) is 4.21 Å². The van der Waals surface area contributed by atoms with Crippen LogP contribution in [-0.2, 0) is 10.0 Å². The van der Waals surface area contributed by atoms with E-state index in [9.17, 15) is 8.42 Å². The Bertz CT molecular complexity index is 655. The lowest BCUT2D eigenvalue weighted by Crippen LogP contribution is -2.30. The fourth-order valence-electron chi connectivity index (χ4n) is 1.52. The van der Waals surface area contributed by atoms with Gasteiger partial charge in [0.15, 0.2) is 0 Å². The van der Waals surface area contributed by atoms with Crippen LogP contribution >= 0.6 is 22.9 Å². The van der Waals surface area contributed by atoms with Crippen LogP contribution in [0.25, 0.3) is 0 Å². The maximum Gasteiger partial charge on any atom is 0.252 e. The van der Waals surface area contributed by atoms with Crippen LogP contribution in [0.15, 0.2) is 46.7 Å². The zero-order valence-electron chi connectivity index (χ0n) is 10.8. The van der Waals surface area contributed by atoms with Crippen molar-refractivity contribution in [2.24, 2.45) is 0 Å². The summed E-state index contributed by atoms with van der Waals surface area (Å²) in [5.41, 5.74) is 0. The van der Waals surface area contributed by atoms with E-state index in [1.165, 1.54) is 17.4 Å². The summed E-state index contributed by atoms with van der Waals surface area (Å²) in [6.45, 7) is 0.561. The number of thiophene rings is 1. The maximum atomic E-state index is 12.2. The Hall–Kier alpha value is -1.08. The van der Waals surface area contributed by atoms with E-state index < -0.39 is 10.0 Å². The fourth-order valence-corrected chi connectivity index (χ4v) is 4.37. The van der Waals surface area contributed by atoms with Crippen LogP contribution in [0.4, 0.5) is 0 Å².